The van der Waals surface area contributed by atoms with Gasteiger partial charge in [-0.3, -0.25) is 0 Å². The molecule has 1 saturated heterocycles. The van der Waals surface area contributed by atoms with Crippen LogP contribution in [-0.2, 0) is 5.41 Å². The third kappa shape index (κ3) is 2.18. The minimum atomic E-state index is -0.0882. The lowest BCUT2D eigenvalue weighted by atomic mass is 9.74. The summed E-state index contributed by atoms with van der Waals surface area (Å²) in [6.07, 6.45) is 3.41. The lowest BCUT2D eigenvalue weighted by Crippen LogP contribution is -2.41. The van der Waals surface area contributed by atoms with Crippen molar-refractivity contribution in [1.29, 1.82) is 0 Å². The first kappa shape index (κ1) is 13.4. The zero-order valence-corrected chi connectivity index (χ0v) is 12.3. The van der Waals surface area contributed by atoms with Crippen LogP contribution >= 0.6 is 0 Å². The van der Waals surface area contributed by atoms with Crippen LogP contribution in [0.1, 0.15) is 36.4 Å². The summed E-state index contributed by atoms with van der Waals surface area (Å²) in [4.78, 5) is 14.1. The number of hydrogen-bond donors (Lipinski definition) is 2. The number of fused-ring (bicyclic) bond motifs is 2. The second kappa shape index (κ2) is 5.09. The zero-order valence-electron chi connectivity index (χ0n) is 12.3. The van der Waals surface area contributed by atoms with Gasteiger partial charge in [-0.25, -0.2) is 4.79 Å². The molecular weight excluding hydrogens is 250 g/mol. The van der Waals surface area contributed by atoms with Gasteiger partial charge in [-0.2, -0.15) is 0 Å². The fraction of sp³-hybridized carbons (Fsp3) is 0.562. The molecule has 1 aromatic rings. The summed E-state index contributed by atoms with van der Waals surface area (Å²) < 4.78 is 0. The number of carbonyl (C=O) groups is 1. The molecule has 2 aliphatic rings. The molecule has 1 heterocycles. The Morgan fingerprint density at radius 2 is 2.00 bits per heavy atom. The van der Waals surface area contributed by atoms with Gasteiger partial charge in [0.2, 0.25) is 0 Å². The largest absolute Gasteiger partial charge is 0.341 e. The molecule has 1 spiro atoms. The number of hydrogen-bond acceptors (Lipinski definition) is 2. The fourth-order valence-electron chi connectivity index (χ4n) is 3.77. The molecule has 1 unspecified atom stereocenters. The van der Waals surface area contributed by atoms with Crippen molar-refractivity contribution in [3.8, 4) is 0 Å². The van der Waals surface area contributed by atoms with E-state index in [1.54, 1.807) is 7.05 Å². The van der Waals surface area contributed by atoms with Gasteiger partial charge in [0.25, 0.3) is 0 Å². The quantitative estimate of drug-likeness (QED) is 0.822. The van der Waals surface area contributed by atoms with E-state index in [-0.39, 0.29) is 17.5 Å². The Bertz CT molecular complexity index is 506. The molecule has 2 N–H and O–H groups in total. The van der Waals surface area contributed by atoms with Crippen molar-refractivity contribution < 1.29 is 4.79 Å². The minimum absolute atomic E-state index is 0.0882. The van der Waals surface area contributed by atoms with Crippen LogP contribution in [0.3, 0.4) is 0 Å². The Kier molecular flexibility index (Phi) is 3.42. The highest BCUT2D eigenvalue weighted by Crippen LogP contribution is 2.50. The molecule has 2 amide bonds. The van der Waals surface area contributed by atoms with Crippen molar-refractivity contribution in [3.63, 3.8) is 0 Å². The molecule has 4 nitrogen and oxygen atoms in total. The molecule has 0 saturated carbocycles. The number of rotatable bonds is 1. The summed E-state index contributed by atoms with van der Waals surface area (Å²) in [5, 5.41) is 5.77. The number of nitrogens with one attached hydrogen (secondary N) is 2. The first-order valence-electron chi connectivity index (χ1n) is 7.41. The molecule has 1 aliphatic heterocycles. The Morgan fingerprint density at radius 3 is 2.70 bits per heavy atom. The highest BCUT2D eigenvalue weighted by molar-refractivity contribution is 5.74. The molecule has 20 heavy (non-hydrogen) atoms. The number of benzene rings is 1. The van der Waals surface area contributed by atoms with E-state index in [9.17, 15) is 4.79 Å². The van der Waals surface area contributed by atoms with Crippen molar-refractivity contribution in [2.45, 2.75) is 30.7 Å². The minimum Gasteiger partial charge on any atom is -0.341 e. The monoisotopic (exact) mass is 273 g/mol. The van der Waals surface area contributed by atoms with Gasteiger partial charge in [0.15, 0.2) is 0 Å². The van der Waals surface area contributed by atoms with Crippen molar-refractivity contribution in [1.82, 2.24) is 15.5 Å². The Hall–Kier alpha value is -1.55. The molecule has 0 radical (unpaired) electrons. The van der Waals surface area contributed by atoms with Crippen molar-refractivity contribution >= 4 is 6.03 Å². The normalized spacial score (nSPS) is 24.4. The topological polar surface area (TPSA) is 44.4 Å². The van der Waals surface area contributed by atoms with Crippen LogP contribution in [0.15, 0.2) is 24.3 Å². The molecular formula is C16H23N3O. The average Bonchev–Trinajstić information content (AvgIpc) is 2.77. The summed E-state index contributed by atoms with van der Waals surface area (Å²) >= 11 is 0. The van der Waals surface area contributed by atoms with Crippen LogP contribution in [0.25, 0.3) is 0 Å². The van der Waals surface area contributed by atoms with E-state index in [0.717, 1.165) is 19.5 Å². The molecule has 3 rings (SSSR count). The van der Waals surface area contributed by atoms with Crippen LogP contribution in [0, 0.1) is 0 Å². The lowest BCUT2D eigenvalue weighted by Gasteiger charge is -2.39. The zero-order chi connectivity index (χ0) is 14.2. The van der Waals surface area contributed by atoms with Crippen molar-refractivity contribution in [2.24, 2.45) is 0 Å². The van der Waals surface area contributed by atoms with Gasteiger partial charge in [0, 0.05) is 12.5 Å². The average molecular weight is 273 g/mol. The van der Waals surface area contributed by atoms with E-state index >= 15 is 0 Å². The maximum absolute atomic E-state index is 11.7. The molecule has 1 atom stereocenters. The maximum Gasteiger partial charge on any atom is 0.315 e. The number of likely N-dealkylation sites (tertiary alicyclic amines) is 1. The number of amides is 2. The standard InChI is InChI=1S/C16H23N3O/c1-17-15(20)18-14-11-16(7-9-19(2)10-8-16)13-6-4-3-5-12(13)14/h3-6,14H,7-11H2,1-2H3,(H2,17,18,20). The predicted octanol–water partition coefficient (Wildman–Crippen LogP) is 2.02. The van der Waals surface area contributed by atoms with E-state index in [4.69, 9.17) is 0 Å². The van der Waals surface area contributed by atoms with E-state index in [0.29, 0.717) is 0 Å². The third-order valence-electron chi connectivity index (χ3n) is 4.98. The molecule has 0 bridgehead atoms. The van der Waals surface area contributed by atoms with E-state index in [2.05, 4.69) is 46.8 Å². The summed E-state index contributed by atoms with van der Waals surface area (Å²) in [5.41, 5.74) is 3.02. The third-order valence-corrected chi connectivity index (χ3v) is 4.98. The molecule has 1 aromatic carbocycles. The van der Waals surface area contributed by atoms with Crippen molar-refractivity contribution in [3.05, 3.63) is 35.4 Å². The summed E-state index contributed by atoms with van der Waals surface area (Å²) in [7, 11) is 3.86. The van der Waals surface area contributed by atoms with Gasteiger partial charge in [0.1, 0.15) is 0 Å². The molecule has 1 aliphatic carbocycles. The van der Waals surface area contributed by atoms with Crippen LogP contribution in [0.2, 0.25) is 0 Å². The fourth-order valence-corrected chi connectivity index (χ4v) is 3.77. The van der Waals surface area contributed by atoms with Crippen LogP contribution in [0.5, 0.6) is 0 Å². The highest BCUT2D eigenvalue weighted by Gasteiger charge is 2.45. The van der Waals surface area contributed by atoms with Crippen LogP contribution in [0.4, 0.5) is 4.79 Å². The predicted molar refractivity (Wildman–Crippen MR) is 79.8 cm³/mol. The Labute approximate surface area is 120 Å². The molecule has 108 valence electrons. The number of nitrogens with zero attached hydrogens (tertiary/aromatic N) is 1. The van der Waals surface area contributed by atoms with E-state index in [1.807, 2.05) is 0 Å². The lowest BCUT2D eigenvalue weighted by molar-refractivity contribution is 0.178. The summed E-state index contributed by atoms with van der Waals surface area (Å²) in [5.74, 6) is 0. The van der Waals surface area contributed by atoms with E-state index < -0.39 is 0 Å². The van der Waals surface area contributed by atoms with Gasteiger partial charge in [0.05, 0.1) is 6.04 Å². The van der Waals surface area contributed by atoms with Gasteiger partial charge >= 0.3 is 6.03 Å². The van der Waals surface area contributed by atoms with Gasteiger partial charge in [-0.15, -0.1) is 0 Å². The Morgan fingerprint density at radius 1 is 1.30 bits per heavy atom. The number of carbonyl (C=O) groups excluding carboxylic acids is 1. The van der Waals surface area contributed by atoms with Gasteiger partial charge in [-0.05, 0) is 50.5 Å². The second-order valence-electron chi connectivity index (χ2n) is 6.15. The maximum atomic E-state index is 11.7. The van der Waals surface area contributed by atoms with E-state index in [1.165, 1.54) is 24.0 Å². The number of piperidine rings is 1. The summed E-state index contributed by atoms with van der Waals surface area (Å²) in [6, 6.07) is 8.69. The van der Waals surface area contributed by atoms with Crippen LogP contribution in [-0.4, -0.2) is 38.1 Å². The van der Waals surface area contributed by atoms with Crippen LogP contribution < -0.4 is 10.6 Å². The number of urea groups is 1. The summed E-state index contributed by atoms with van der Waals surface area (Å²) in [6.45, 7) is 2.28. The first-order chi connectivity index (χ1) is 9.64. The Balaban J connectivity index is 1.90. The SMILES string of the molecule is CNC(=O)NC1CC2(CCN(C)CC2)c2ccccc21. The van der Waals surface area contributed by atoms with Crippen molar-refractivity contribution in [2.75, 3.05) is 27.2 Å². The first-order valence-corrected chi connectivity index (χ1v) is 7.41. The molecule has 0 aromatic heterocycles. The molecule has 4 heteroatoms. The van der Waals surface area contributed by atoms with Gasteiger partial charge in [-0.1, -0.05) is 24.3 Å². The highest BCUT2D eigenvalue weighted by atomic mass is 16.2. The smallest absolute Gasteiger partial charge is 0.315 e. The molecule has 1 fully saturated rings. The second-order valence-corrected chi connectivity index (χ2v) is 6.15. The van der Waals surface area contributed by atoms with Gasteiger partial charge < -0.3 is 15.5 Å².